The van der Waals surface area contributed by atoms with E-state index in [4.69, 9.17) is 11.5 Å². The largest absolute Gasteiger partial charge is 0.368 e. The van der Waals surface area contributed by atoms with Crippen LogP contribution in [0.3, 0.4) is 0 Å². The van der Waals surface area contributed by atoms with Gasteiger partial charge in [0.05, 0.1) is 11.9 Å². The Bertz CT molecular complexity index is 187. The van der Waals surface area contributed by atoms with Crippen LogP contribution in [0.1, 0.15) is 6.42 Å². The van der Waals surface area contributed by atoms with Gasteiger partial charge in [-0.05, 0) is 13.0 Å². The molecule has 0 aromatic carbocycles. The van der Waals surface area contributed by atoms with Gasteiger partial charge in [0.25, 0.3) is 0 Å². The summed E-state index contributed by atoms with van der Waals surface area (Å²) < 4.78 is 0. The van der Waals surface area contributed by atoms with E-state index in [0.29, 0.717) is 19.5 Å². The Kier molecular flexibility index (Phi) is 6.52. The molecule has 0 rings (SSSR count). The van der Waals surface area contributed by atoms with E-state index in [1.165, 1.54) is 4.90 Å². The van der Waals surface area contributed by atoms with Crippen LogP contribution in [0, 0.1) is 0 Å². The predicted molar refractivity (Wildman–Crippen MR) is 53.2 cm³/mol. The molecule has 13 heavy (non-hydrogen) atoms. The summed E-state index contributed by atoms with van der Waals surface area (Å²) in [5, 5.41) is 0.199. The molecule has 0 aromatic rings. The second-order valence-electron chi connectivity index (χ2n) is 2.56. The lowest BCUT2D eigenvalue weighted by atomic mass is 10.3. The van der Waals surface area contributed by atoms with Crippen LogP contribution >= 0.6 is 15.9 Å². The predicted octanol–water partition coefficient (Wildman–Crippen LogP) is -0.956. The van der Waals surface area contributed by atoms with Crippen LogP contribution in [0.25, 0.3) is 0 Å². The number of carbonyl (C=O) groups is 2. The zero-order valence-electron chi connectivity index (χ0n) is 7.33. The second-order valence-corrected chi connectivity index (χ2v) is 3.12. The number of hydrogen-bond acceptors (Lipinski definition) is 3. The van der Waals surface area contributed by atoms with Gasteiger partial charge in [0, 0.05) is 6.54 Å². The second kappa shape index (κ2) is 6.85. The summed E-state index contributed by atoms with van der Waals surface area (Å²) in [5.74, 6) is -0.654. The molecule has 0 atom stereocenters. The molecule has 0 saturated carbocycles. The van der Waals surface area contributed by atoms with Crippen molar-refractivity contribution in [2.24, 2.45) is 11.5 Å². The molecule has 0 aliphatic heterocycles. The van der Waals surface area contributed by atoms with E-state index in [2.05, 4.69) is 15.9 Å². The molecule has 0 heterocycles. The number of alkyl halides is 1. The highest BCUT2D eigenvalue weighted by molar-refractivity contribution is 9.09. The van der Waals surface area contributed by atoms with Crippen LogP contribution in [-0.4, -0.2) is 41.7 Å². The fraction of sp³-hybridized carbons (Fsp3) is 0.714. The summed E-state index contributed by atoms with van der Waals surface area (Å²) >= 11 is 3.02. The number of primary amides is 1. The van der Waals surface area contributed by atoms with Crippen molar-refractivity contribution in [3.05, 3.63) is 0 Å². The highest BCUT2D eigenvalue weighted by Gasteiger charge is 2.13. The summed E-state index contributed by atoms with van der Waals surface area (Å²) in [7, 11) is 0. The maximum atomic E-state index is 11.2. The van der Waals surface area contributed by atoms with Crippen molar-refractivity contribution in [3.8, 4) is 0 Å². The van der Waals surface area contributed by atoms with Crippen molar-refractivity contribution in [1.82, 2.24) is 4.90 Å². The normalized spacial score (nSPS) is 9.69. The molecular formula is C7H14BrN3O2. The lowest BCUT2D eigenvalue weighted by Gasteiger charge is -2.19. The smallest absolute Gasteiger partial charge is 0.237 e. The van der Waals surface area contributed by atoms with Gasteiger partial charge in [-0.2, -0.15) is 0 Å². The topological polar surface area (TPSA) is 89.4 Å². The SMILES string of the molecule is NCCCN(CC(N)=O)C(=O)CBr. The minimum absolute atomic E-state index is 0.0373. The lowest BCUT2D eigenvalue weighted by Crippen LogP contribution is -2.40. The van der Waals surface area contributed by atoms with Crippen molar-refractivity contribution < 1.29 is 9.59 Å². The number of nitrogens with two attached hydrogens (primary N) is 2. The standard InChI is InChI=1S/C7H14BrN3O2/c8-4-7(13)11(3-1-2-9)5-6(10)12/h1-5,9H2,(H2,10,12). The number of carbonyl (C=O) groups excluding carboxylic acids is 2. The first-order chi connectivity index (χ1) is 6.11. The molecule has 0 fully saturated rings. The Balaban J connectivity index is 4.02. The molecule has 0 bridgehead atoms. The Labute approximate surface area is 85.6 Å². The summed E-state index contributed by atoms with van der Waals surface area (Å²) in [6.45, 7) is 0.930. The van der Waals surface area contributed by atoms with Gasteiger partial charge >= 0.3 is 0 Å². The summed E-state index contributed by atoms with van der Waals surface area (Å²) in [5.41, 5.74) is 10.3. The maximum absolute atomic E-state index is 11.2. The fourth-order valence-electron chi connectivity index (χ4n) is 0.847. The monoisotopic (exact) mass is 251 g/mol. The number of amides is 2. The van der Waals surface area contributed by atoms with Gasteiger partial charge < -0.3 is 16.4 Å². The molecule has 6 heteroatoms. The van der Waals surface area contributed by atoms with Gasteiger partial charge in [0.2, 0.25) is 11.8 Å². The van der Waals surface area contributed by atoms with Crippen LogP contribution in [0.15, 0.2) is 0 Å². The first-order valence-corrected chi connectivity index (χ1v) is 5.06. The molecule has 76 valence electrons. The average molecular weight is 252 g/mol. The third-order valence-electron chi connectivity index (χ3n) is 1.45. The summed E-state index contributed by atoms with van der Waals surface area (Å²) in [4.78, 5) is 23.2. The Morgan fingerprint density at radius 1 is 1.38 bits per heavy atom. The van der Waals surface area contributed by atoms with Crippen LogP contribution in [0.2, 0.25) is 0 Å². The minimum Gasteiger partial charge on any atom is -0.368 e. The number of hydrogen-bond donors (Lipinski definition) is 2. The van der Waals surface area contributed by atoms with E-state index in [9.17, 15) is 9.59 Å². The first-order valence-electron chi connectivity index (χ1n) is 3.94. The Hall–Kier alpha value is -0.620. The Morgan fingerprint density at radius 2 is 2.00 bits per heavy atom. The molecular weight excluding hydrogens is 238 g/mol. The van der Waals surface area contributed by atoms with Gasteiger partial charge in [-0.3, -0.25) is 9.59 Å². The zero-order valence-corrected chi connectivity index (χ0v) is 8.92. The number of rotatable bonds is 6. The molecule has 0 aliphatic carbocycles. The fourth-order valence-corrected chi connectivity index (χ4v) is 1.20. The molecule has 0 spiro atoms. The van der Waals surface area contributed by atoms with Crippen molar-refractivity contribution in [2.45, 2.75) is 6.42 Å². The third kappa shape index (κ3) is 5.59. The van der Waals surface area contributed by atoms with Crippen LogP contribution in [-0.2, 0) is 9.59 Å². The molecule has 2 amide bonds. The van der Waals surface area contributed by atoms with Crippen LogP contribution < -0.4 is 11.5 Å². The van der Waals surface area contributed by atoms with Crippen LogP contribution in [0.4, 0.5) is 0 Å². The minimum atomic E-state index is -0.508. The van der Waals surface area contributed by atoms with Gasteiger partial charge in [0.15, 0.2) is 0 Å². The molecule has 0 unspecified atom stereocenters. The zero-order chi connectivity index (χ0) is 10.3. The van der Waals surface area contributed by atoms with Crippen molar-refractivity contribution in [1.29, 1.82) is 0 Å². The lowest BCUT2D eigenvalue weighted by molar-refractivity contribution is -0.132. The molecule has 0 radical (unpaired) electrons. The van der Waals surface area contributed by atoms with Crippen molar-refractivity contribution in [3.63, 3.8) is 0 Å². The van der Waals surface area contributed by atoms with E-state index in [-0.39, 0.29) is 17.8 Å². The average Bonchev–Trinajstić information content (AvgIpc) is 2.10. The van der Waals surface area contributed by atoms with Gasteiger partial charge in [0.1, 0.15) is 0 Å². The highest BCUT2D eigenvalue weighted by atomic mass is 79.9. The Morgan fingerprint density at radius 3 is 2.38 bits per heavy atom. The summed E-state index contributed by atoms with van der Waals surface area (Å²) in [6, 6.07) is 0. The van der Waals surface area contributed by atoms with Gasteiger partial charge in [-0.15, -0.1) is 0 Å². The first kappa shape index (κ1) is 12.4. The van der Waals surface area contributed by atoms with Crippen LogP contribution in [0.5, 0.6) is 0 Å². The number of halogens is 1. The molecule has 4 N–H and O–H groups in total. The third-order valence-corrected chi connectivity index (χ3v) is 1.93. The van der Waals surface area contributed by atoms with E-state index in [1.54, 1.807) is 0 Å². The van der Waals surface area contributed by atoms with E-state index in [0.717, 1.165) is 0 Å². The van der Waals surface area contributed by atoms with Crippen molar-refractivity contribution in [2.75, 3.05) is 25.0 Å². The quantitative estimate of drug-likeness (QED) is 0.597. The van der Waals surface area contributed by atoms with Crippen molar-refractivity contribution >= 4 is 27.7 Å². The molecule has 0 saturated heterocycles. The molecule has 0 aromatic heterocycles. The maximum Gasteiger partial charge on any atom is 0.237 e. The van der Waals surface area contributed by atoms with E-state index >= 15 is 0 Å². The van der Waals surface area contributed by atoms with E-state index in [1.807, 2.05) is 0 Å². The van der Waals surface area contributed by atoms with Gasteiger partial charge in [-0.1, -0.05) is 15.9 Å². The molecule has 0 aliphatic rings. The number of nitrogens with zero attached hydrogens (tertiary/aromatic N) is 1. The summed E-state index contributed by atoms with van der Waals surface area (Å²) in [6.07, 6.45) is 0.673. The molecule has 5 nitrogen and oxygen atoms in total. The highest BCUT2D eigenvalue weighted by Crippen LogP contribution is 1.95. The van der Waals surface area contributed by atoms with E-state index < -0.39 is 5.91 Å². The van der Waals surface area contributed by atoms with Gasteiger partial charge in [-0.25, -0.2) is 0 Å².